The van der Waals surface area contributed by atoms with Crippen LogP contribution in [-0.4, -0.2) is 20.4 Å². The number of urea groups is 1. The third-order valence-corrected chi connectivity index (χ3v) is 5.16. The fraction of sp³-hybridized carbons (Fsp3) is 0.353. The van der Waals surface area contributed by atoms with Gasteiger partial charge in [-0.2, -0.15) is 0 Å². The molecule has 0 aliphatic heterocycles. The van der Waals surface area contributed by atoms with Crippen LogP contribution >= 0.6 is 11.3 Å². The van der Waals surface area contributed by atoms with Gasteiger partial charge in [-0.1, -0.05) is 0 Å². The van der Waals surface area contributed by atoms with Gasteiger partial charge in [0.1, 0.15) is 10.7 Å². The van der Waals surface area contributed by atoms with Gasteiger partial charge < -0.3 is 15.0 Å². The molecule has 0 unspecified atom stereocenters. The summed E-state index contributed by atoms with van der Waals surface area (Å²) >= 11 is 1.61. The second-order valence-corrected chi connectivity index (χ2v) is 7.20. The SMILES string of the molecule is Cc1csc([C@H](NC(=O)Nc2ccc3nc(C)cn3c2)C2CC2)n1. The van der Waals surface area contributed by atoms with Crippen LogP contribution in [-0.2, 0) is 0 Å². The molecule has 0 bridgehead atoms. The molecule has 24 heavy (non-hydrogen) atoms. The van der Waals surface area contributed by atoms with E-state index in [9.17, 15) is 4.79 Å². The first-order chi connectivity index (χ1) is 11.6. The number of nitrogens with zero attached hydrogens (tertiary/aromatic N) is 3. The van der Waals surface area contributed by atoms with Gasteiger partial charge in [0.15, 0.2) is 0 Å². The van der Waals surface area contributed by atoms with Crippen molar-refractivity contribution in [3.63, 3.8) is 0 Å². The van der Waals surface area contributed by atoms with Crippen LogP contribution < -0.4 is 10.6 Å². The van der Waals surface area contributed by atoms with Crippen molar-refractivity contribution in [2.45, 2.75) is 32.7 Å². The summed E-state index contributed by atoms with van der Waals surface area (Å²) in [5.41, 5.74) is 3.56. The molecular weight excluding hydrogens is 322 g/mol. The van der Waals surface area contributed by atoms with Crippen LogP contribution in [0, 0.1) is 19.8 Å². The number of pyridine rings is 1. The van der Waals surface area contributed by atoms with Gasteiger partial charge in [-0.25, -0.2) is 14.8 Å². The molecule has 3 aromatic rings. The third-order valence-electron chi connectivity index (χ3n) is 4.11. The van der Waals surface area contributed by atoms with Crippen molar-refractivity contribution in [1.29, 1.82) is 0 Å². The highest BCUT2D eigenvalue weighted by Gasteiger charge is 2.35. The molecule has 0 radical (unpaired) electrons. The number of imidazole rings is 1. The molecule has 1 aliphatic carbocycles. The second-order valence-electron chi connectivity index (χ2n) is 6.31. The number of hydrogen-bond acceptors (Lipinski definition) is 4. The van der Waals surface area contributed by atoms with E-state index in [0.29, 0.717) is 5.92 Å². The van der Waals surface area contributed by atoms with Gasteiger partial charge in [0.2, 0.25) is 0 Å². The van der Waals surface area contributed by atoms with Crippen LogP contribution in [0.5, 0.6) is 0 Å². The van der Waals surface area contributed by atoms with E-state index in [-0.39, 0.29) is 12.1 Å². The predicted molar refractivity (Wildman–Crippen MR) is 94.4 cm³/mol. The summed E-state index contributed by atoms with van der Waals surface area (Å²) in [6, 6.07) is 3.56. The molecule has 1 atom stereocenters. The molecule has 1 fully saturated rings. The number of thiazole rings is 1. The topological polar surface area (TPSA) is 71.3 Å². The van der Waals surface area contributed by atoms with E-state index in [0.717, 1.165) is 40.6 Å². The Hall–Kier alpha value is -2.41. The fourth-order valence-corrected chi connectivity index (χ4v) is 3.77. The molecule has 7 heteroatoms. The Kier molecular flexibility index (Phi) is 3.72. The largest absolute Gasteiger partial charge is 0.328 e. The van der Waals surface area contributed by atoms with Crippen LogP contribution in [0.2, 0.25) is 0 Å². The van der Waals surface area contributed by atoms with Gasteiger partial charge in [0, 0.05) is 23.5 Å². The summed E-state index contributed by atoms with van der Waals surface area (Å²) in [4.78, 5) is 21.3. The number of nitrogens with one attached hydrogen (secondary N) is 2. The third kappa shape index (κ3) is 3.12. The van der Waals surface area contributed by atoms with E-state index < -0.39 is 0 Å². The van der Waals surface area contributed by atoms with Gasteiger partial charge in [-0.3, -0.25) is 0 Å². The summed E-state index contributed by atoms with van der Waals surface area (Å²) in [5, 5.41) is 9.01. The average molecular weight is 341 g/mol. The van der Waals surface area contributed by atoms with Crippen LogP contribution in [0.3, 0.4) is 0 Å². The maximum Gasteiger partial charge on any atom is 0.319 e. The summed E-state index contributed by atoms with van der Waals surface area (Å²) in [7, 11) is 0. The Bertz CT molecular complexity index is 895. The first kappa shape index (κ1) is 15.1. The Morgan fingerprint density at radius 1 is 1.25 bits per heavy atom. The number of carbonyl (C=O) groups excluding carboxylic acids is 1. The highest BCUT2D eigenvalue weighted by atomic mass is 32.1. The number of carbonyl (C=O) groups is 1. The normalized spacial score (nSPS) is 15.4. The highest BCUT2D eigenvalue weighted by molar-refractivity contribution is 7.09. The van der Waals surface area contributed by atoms with Crippen LogP contribution in [0.4, 0.5) is 10.5 Å². The fourth-order valence-electron chi connectivity index (χ4n) is 2.83. The molecule has 0 spiro atoms. The number of aryl methyl sites for hydroxylation is 2. The number of fused-ring (bicyclic) bond motifs is 1. The number of rotatable bonds is 4. The van der Waals surface area contributed by atoms with Gasteiger partial charge in [0.05, 0.1) is 17.4 Å². The van der Waals surface area contributed by atoms with Gasteiger partial charge in [-0.05, 0) is 44.7 Å². The quantitative estimate of drug-likeness (QED) is 0.760. The van der Waals surface area contributed by atoms with Crippen molar-refractivity contribution in [2.24, 2.45) is 5.92 Å². The summed E-state index contributed by atoms with van der Waals surface area (Å²) in [6.07, 6.45) is 6.09. The molecule has 2 amide bonds. The first-order valence-electron chi connectivity index (χ1n) is 8.03. The Balaban J connectivity index is 1.48. The minimum atomic E-state index is -0.198. The molecule has 1 saturated carbocycles. The summed E-state index contributed by atoms with van der Waals surface area (Å²) < 4.78 is 1.91. The van der Waals surface area contributed by atoms with Gasteiger partial charge >= 0.3 is 6.03 Å². The van der Waals surface area contributed by atoms with E-state index in [2.05, 4.69) is 20.6 Å². The Morgan fingerprint density at radius 3 is 2.79 bits per heavy atom. The lowest BCUT2D eigenvalue weighted by atomic mass is 10.2. The molecular formula is C17H19N5OS. The smallest absolute Gasteiger partial charge is 0.319 e. The Labute approximate surface area is 143 Å². The van der Waals surface area contributed by atoms with Crippen molar-refractivity contribution < 1.29 is 4.79 Å². The molecule has 0 saturated heterocycles. The lowest BCUT2D eigenvalue weighted by Crippen LogP contribution is -2.33. The monoisotopic (exact) mass is 341 g/mol. The minimum Gasteiger partial charge on any atom is -0.328 e. The standard InChI is InChI=1S/C17H19N5OS/c1-10-7-22-8-13(5-6-14(22)18-10)20-17(23)21-15(12-3-4-12)16-19-11(2)9-24-16/h5-9,12,15H,3-4H2,1-2H3,(H2,20,21,23)/t15-/m1/s1. The number of aromatic nitrogens is 3. The summed E-state index contributed by atoms with van der Waals surface area (Å²) in [5.74, 6) is 0.500. The zero-order valence-electron chi connectivity index (χ0n) is 13.6. The van der Waals surface area contributed by atoms with E-state index >= 15 is 0 Å². The average Bonchev–Trinajstić information content (AvgIpc) is 3.18. The molecule has 124 valence electrons. The molecule has 3 heterocycles. The predicted octanol–water partition coefficient (Wildman–Crippen LogP) is 3.68. The van der Waals surface area contributed by atoms with E-state index in [1.807, 2.05) is 48.2 Å². The highest BCUT2D eigenvalue weighted by Crippen LogP contribution is 2.41. The zero-order chi connectivity index (χ0) is 16.7. The van der Waals surface area contributed by atoms with Crippen LogP contribution in [0.15, 0.2) is 29.9 Å². The van der Waals surface area contributed by atoms with Crippen LogP contribution in [0.25, 0.3) is 5.65 Å². The van der Waals surface area contributed by atoms with Crippen molar-refractivity contribution in [3.8, 4) is 0 Å². The maximum absolute atomic E-state index is 12.4. The number of anilines is 1. The van der Waals surface area contributed by atoms with Crippen molar-refractivity contribution in [3.05, 3.63) is 46.3 Å². The van der Waals surface area contributed by atoms with Crippen molar-refractivity contribution in [2.75, 3.05) is 5.32 Å². The maximum atomic E-state index is 12.4. The minimum absolute atomic E-state index is 0.00270. The summed E-state index contributed by atoms with van der Waals surface area (Å²) in [6.45, 7) is 3.93. The second kappa shape index (κ2) is 5.90. The van der Waals surface area contributed by atoms with Crippen LogP contribution in [0.1, 0.15) is 35.3 Å². The number of hydrogen-bond donors (Lipinski definition) is 2. The number of amides is 2. The first-order valence-corrected chi connectivity index (χ1v) is 8.91. The Morgan fingerprint density at radius 2 is 2.08 bits per heavy atom. The van der Waals surface area contributed by atoms with E-state index in [1.54, 1.807) is 11.3 Å². The van der Waals surface area contributed by atoms with Crippen molar-refractivity contribution in [1.82, 2.24) is 19.7 Å². The van der Waals surface area contributed by atoms with Gasteiger partial charge in [-0.15, -0.1) is 11.3 Å². The lowest BCUT2D eigenvalue weighted by Gasteiger charge is -2.16. The molecule has 3 aromatic heterocycles. The molecule has 0 aromatic carbocycles. The van der Waals surface area contributed by atoms with E-state index in [4.69, 9.17) is 0 Å². The zero-order valence-corrected chi connectivity index (χ0v) is 14.4. The molecule has 1 aliphatic rings. The van der Waals surface area contributed by atoms with Crippen molar-refractivity contribution >= 4 is 28.7 Å². The molecule has 4 rings (SSSR count). The molecule has 2 N–H and O–H groups in total. The van der Waals surface area contributed by atoms with E-state index in [1.165, 1.54) is 0 Å². The lowest BCUT2D eigenvalue weighted by molar-refractivity contribution is 0.247. The molecule has 6 nitrogen and oxygen atoms in total. The van der Waals surface area contributed by atoms with Gasteiger partial charge in [0.25, 0.3) is 0 Å².